The zero-order chi connectivity index (χ0) is 27.7. The van der Waals surface area contributed by atoms with Crippen LogP contribution in [0.5, 0.6) is 0 Å². The van der Waals surface area contributed by atoms with Crippen LogP contribution in [0, 0.1) is 0 Å². The van der Waals surface area contributed by atoms with Crippen molar-refractivity contribution in [3.63, 3.8) is 0 Å². The van der Waals surface area contributed by atoms with Gasteiger partial charge in [-0.25, -0.2) is 4.79 Å². The normalized spacial score (nSPS) is 14.0. The quantitative estimate of drug-likeness (QED) is 0.0440. The maximum absolute atomic E-state index is 13.0. The summed E-state index contributed by atoms with van der Waals surface area (Å²) in [5, 5.41) is 25.7. The van der Waals surface area contributed by atoms with Crippen LogP contribution in [0.15, 0.2) is 4.99 Å². The van der Waals surface area contributed by atoms with Crippen molar-refractivity contribution < 1.29 is 34.2 Å². The van der Waals surface area contributed by atoms with Crippen molar-refractivity contribution in [2.24, 2.45) is 33.7 Å². The average molecular weight is 518 g/mol. The van der Waals surface area contributed by atoms with Gasteiger partial charge in [-0.1, -0.05) is 0 Å². The van der Waals surface area contributed by atoms with Gasteiger partial charge in [-0.15, -0.1) is 0 Å². The summed E-state index contributed by atoms with van der Waals surface area (Å²) in [6.45, 7) is -0.172. The number of carboxylic acids is 1. The van der Waals surface area contributed by atoms with Gasteiger partial charge in [-0.2, -0.15) is 0 Å². The van der Waals surface area contributed by atoms with Gasteiger partial charge in [0.05, 0.1) is 6.61 Å². The molecule has 0 saturated heterocycles. The molecule has 36 heavy (non-hydrogen) atoms. The Balaban J connectivity index is 5.57. The van der Waals surface area contributed by atoms with E-state index in [-0.39, 0.29) is 44.6 Å². The van der Waals surface area contributed by atoms with Crippen LogP contribution in [0.25, 0.3) is 0 Å². The number of unbranched alkanes of at least 4 members (excludes halogenated alkanes) is 1. The van der Waals surface area contributed by atoms with E-state index in [2.05, 4.69) is 20.9 Å². The fourth-order valence-corrected chi connectivity index (χ4v) is 2.98. The number of primary amides is 1. The van der Waals surface area contributed by atoms with E-state index in [9.17, 15) is 29.1 Å². The molecule has 0 saturated carbocycles. The zero-order valence-electron chi connectivity index (χ0n) is 20.2. The summed E-state index contributed by atoms with van der Waals surface area (Å²) in [4.78, 5) is 64.5. The summed E-state index contributed by atoms with van der Waals surface area (Å²) in [5.74, 6) is -4.65. The topological polar surface area (TPSA) is 304 Å². The Morgan fingerprint density at radius 3 is 1.81 bits per heavy atom. The first-order valence-electron chi connectivity index (χ1n) is 11.5. The van der Waals surface area contributed by atoms with E-state index >= 15 is 0 Å². The molecular formula is C20H39N9O7. The number of amides is 4. The number of aliphatic hydroxyl groups excluding tert-OH is 1. The third-order valence-corrected chi connectivity index (χ3v) is 4.99. The predicted molar refractivity (Wildman–Crippen MR) is 130 cm³/mol. The Kier molecular flexibility index (Phi) is 16.1. The van der Waals surface area contributed by atoms with Crippen LogP contribution in [0.1, 0.15) is 44.9 Å². The summed E-state index contributed by atoms with van der Waals surface area (Å²) < 4.78 is 0. The second-order valence-corrected chi connectivity index (χ2v) is 8.05. The van der Waals surface area contributed by atoms with Crippen molar-refractivity contribution in [1.29, 1.82) is 0 Å². The zero-order valence-corrected chi connectivity index (χ0v) is 20.2. The first kappa shape index (κ1) is 32.5. The molecule has 4 amide bonds. The number of nitrogens with zero attached hydrogens (tertiary/aromatic N) is 1. The molecule has 0 spiro atoms. The van der Waals surface area contributed by atoms with E-state index in [1.54, 1.807) is 0 Å². The summed E-state index contributed by atoms with van der Waals surface area (Å²) in [7, 11) is 0. The van der Waals surface area contributed by atoms with Crippen molar-refractivity contribution in [2.45, 2.75) is 69.1 Å². The number of aliphatic imine (C=N–C) groups is 1. The van der Waals surface area contributed by atoms with Gasteiger partial charge in [-0.3, -0.25) is 24.2 Å². The number of guanidine groups is 1. The Labute approximate surface area is 208 Å². The highest BCUT2D eigenvalue weighted by Crippen LogP contribution is 2.06. The Morgan fingerprint density at radius 1 is 0.778 bits per heavy atom. The van der Waals surface area contributed by atoms with Crippen LogP contribution in [0.2, 0.25) is 0 Å². The molecule has 0 aliphatic rings. The highest BCUT2D eigenvalue weighted by molar-refractivity contribution is 5.94. The number of nitrogens with two attached hydrogens (primary N) is 5. The molecule has 0 aliphatic heterocycles. The first-order chi connectivity index (χ1) is 16.9. The second kappa shape index (κ2) is 17.9. The maximum Gasteiger partial charge on any atom is 0.326 e. The van der Waals surface area contributed by atoms with Gasteiger partial charge in [0.1, 0.15) is 24.2 Å². The predicted octanol–water partition coefficient (Wildman–Crippen LogP) is -4.71. The standard InChI is InChI=1S/C20H39N9O7/c21-8-2-1-4-14(19(35)36)29-18(34)13(6-7-15(23)31)28-17(33)12(5-3-9-26-20(24)25)27-16(32)11(22)10-30/h11-14,30H,1-10,21-22H2,(H2,23,31)(H,27,32)(H,28,33)(H,29,34)(H,35,36)(H4,24,25,26). The number of nitrogens with one attached hydrogen (secondary N) is 3. The molecular weight excluding hydrogens is 478 g/mol. The number of carbonyl (C=O) groups excluding carboxylic acids is 4. The van der Waals surface area contributed by atoms with Crippen molar-refractivity contribution in [1.82, 2.24) is 16.0 Å². The molecule has 0 aromatic heterocycles. The average Bonchev–Trinajstić information content (AvgIpc) is 2.81. The Bertz CT molecular complexity index is 775. The Hall–Kier alpha value is -3.50. The Morgan fingerprint density at radius 2 is 1.31 bits per heavy atom. The smallest absolute Gasteiger partial charge is 0.326 e. The third-order valence-electron chi connectivity index (χ3n) is 4.99. The van der Waals surface area contributed by atoms with Gasteiger partial charge in [0.15, 0.2) is 5.96 Å². The SMILES string of the molecule is NCCCCC(NC(=O)C(CCC(N)=O)NC(=O)C(CCCN=C(N)N)NC(=O)C(N)CO)C(=O)O. The van der Waals surface area contributed by atoms with Crippen LogP contribution in [0.4, 0.5) is 0 Å². The molecule has 4 atom stereocenters. The minimum Gasteiger partial charge on any atom is -0.480 e. The molecule has 0 aromatic carbocycles. The summed E-state index contributed by atoms with van der Waals surface area (Å²) >= 11 is 0. The molecule has 0 aromatic rings. The molecule has 16 heteroatoms. The number of carbonyl (C=O) groups is 5. The fourth-order valence-electron chi connectivity index (χ4n) is 2.98. The highest BCUT2D eigenvalue weighted by atomic mass is 16.4. The molecule has 0 bridgehead atoms. The van der Waals surface area contributed by atoms with Crippen LogP contribution in [-0.2, 0) is 24.0 Å². The van der Waals surface area contributed by atoms with E-state index in [4.69, 9.17) is 33.8 Å². The second-order valence-electron chi connectivity index (χ2n) is 8.05. The molecule has 0 radical (unpaired) electrons. The lowest BCUT2D eigenvalue weighted by Crippen LogP contribution is -2.57. The molecule has 16 nitrogen and oxygen atoms in total. The summed E-state index contributed by atoms with van der Waals surface area (Å²) in [5.41, 5.74) is 26.6. The van der Waals surface area contributed by atoms with Crippen molar-refractivity contribution in [3.05, 3.63) is 0 Å². The molecule has 0 fully saturated rings. The monoisotopic (exact) mass is 517 g/mol. The third kappa shape index (κ3) is 14.0. The number of aliphatic hydroxyl groups is 1. The lowest BCUT2D eigenvalue weighted by molar-refractivity contribution is -0.142. The van der Waals surface area contributed by atoms with E-state index in [0.29, 0.717) is 19.4 Å². The lowest BCUT2D eigenvalue weighted by atomic mass is 10.1. The van der Waals surface area contributed by atoms with Crippen molar-refractivity contribution >= 4 is 35.6 Å². The number of hydrogen-bond donors (Lipinski definition) is 10. The first-order valence-corrected chi connectivity index (χ1v) is 11.5. The maximum atomic E-state index is 13.0. The van der Waals surface area contributed by atoms with Gasteiger partial charge in [0.25, 0.3) is 0 Å². The number of rotatable bonds is 19. The largest absolute Gasteiger partial charge is 0.480 e. The number of carboxylic acid groups (broad SMARTS) is 1. The van der Waals surface area contributed by atoms with Gasteiger partial charge < -0.3 is 54.8 Å². The van der Waals surface area contributed by atoms with Crippen LogP contribution < -0.4 is 44.6 Å². The highest BCUT2D eigenvalue weighted by Gasteiger charge is 2.30. The molecule has 206 valence electrons. The van der Waals surface area contributed by atoms with Gasteiger partial charge in [0.2, 0.25) is 23.6 Å². The number of hydrogen-bond acceptors (Lipinski definition) is 9. The van der Waals surface area contributed by atoms with Crippen molar-refractivity contribution in [3.8, 4) is 0 Å². The molecule has 0 rings (SSSR count). The van der Waals surface area contributed by atoms with Crippen molar-refractivity contribution in [2.75, 3.05) is 19.7 Å². The lowest BCUT2D eigenvalue weighted by Gasteiger charge is -2.25. The molecule has 4 unspecified atom stereocenters. The van der Waals surface area contributed by atoms with E-state index < -0.39 is 60.4 Å². The van der Waals surface area contributed by atoms with Crippen LogP contribution >= 0.6 is 0 Å². The summed E-state index contributed by atoms with van der Waals surface area (Å²) in [6, 6.07) is -5.07. The number of aliphatic carboxylic acids is 1. The minimum atomic E-state index is -1.33. The summed E-state index contributed by atoms with van der Waals surface area (Å²) in [6.07, 6.45) is 0.905. The van der Waals surface area contributed by atoms with Crippen LogP contribution in [0.3, 0.4) is 0 Å². The minimum absolute atomic E-state index is 0.0352. The van der Waals surface area contributed by atoms with E-state index in [1.807, 2.05) is 0 Å². The fraction of sp³-hybridized carbons (Fsp3) is 0.700. The van der Waals surface area contributed by atoms with Gasteiger partial charge >= 0.3 is 5.97 Å². The van der Waals surface area contributed by atoms with Gasteiger partial charge in [0, 0.05) is 13.0 Å². The van der Waals surface area contributed by atoms with Crippen LogP contribution in [-0.4, -0.2) is 89.6 Å². The molecule has 0 heterocycles. The molecule has 15 N–H and O–H groups in total. The molecule has 0 aliphatic carbocycles. The van der Waals surface area contributed by atoms with Gasteiger partial charge in [-0.05, 0) is 45.1 Å². The van der Waals surface area contributed by atoms with E-state index in [1.165, 1.54) is 0 Å². The van der Waals surface area contributed by atoms with E-state index in [0.717, 1.165) is 0 Å².